The van der Waals surface area contributed by atoms with E-state index in [9.17, 15) is 0 Å². The first-order valence-electron chi connectivity index (χ1n) is 5.89. The van der Waals surface area contributed by atoms with Gasteiger partial charge in [-0.3, -0.25) is 4.90 Å². The van der Waals surface area contributed by atoms with Gasteiger partial charge >= 0.3 is 0 Å². The van der Waals surface area contributed by atoms with Gasteiger partial charge in [-0.25, -0.2) is 0 Å². The molecule has 2 unspecified atom stereocenters. The third-order valence-electron chi connectivity index (χ3n) is 3.24. The van der Waals surface area contributed by atoms with E-state index in [-0.39, 0.29) is 0 Å². The lowest BCUT2D eigenvalue weighted by atomic mass is 10.1. The molecule has 2 heterocycles. The topological polar surface area (TPSA) is 21.7 Å². The summed E-state index contributed by atoms with van der Waals surface area (Å²) in [4.78, 5) is 2.42. The Morgan fingerprint density at radius 2 is 2.20 bits per heavy atom. The highest BCUT2D eigenvalue weighted by Gasteiger charge is 2.25. The smallest absolute Gasteiger partial charge is 0.0702 e. The molecule has 0 saturated carbocycles. The van der Waals surface area contributed by atoms with E-state index in [2.05, 4.69) is 4.90 Å². The molecule has 2 fully saturated rings. The molecule has 2 saturated heterocycles. The van der Waals surface area contributed by atoms with Crippen LogP contribution in [-0.4, -0.2) is 55.8 Å². The van der Waals surface area contributed by atoms with Crippen molar-refractivity contribution in [1.82, 2.24) is 4.90 Å². The Kier molecular flexibility index (Phi) is 4.69. The predicted molar refractivity (Wildman–Crippen MR) is 60.5 cm³/mol. The Morgan fingerprint density at radius 3 is 2.93 bits per heavy atom. The quantitative estimate of drug-likeness (QED) is 0.690. The zero-order valence-electron chi connectivity index (χ0n) is 9.16. The molecule has 0 spiro atoms. The van der Waals surface area contributed by atoms with Gasteiger partial charge in [-0.05, 0) is 19.3 Å². The average molecular weight is 234 g/mol. The zero-order chi connectivity index (χ0) is 10.5. The molecular formula is C11H20ClNO2. The molecule has 2 aliphatic rings. The largest absolute Gasteiger partial charge is 0.378 e. The van der Waals surface area contributed by atoms with E-state index in [4.69, 9.17) is 21.1 Å². The Labute approximate surface area is 96.7 Å². The first kappa shape index (κ1) is 11.6. The number of rotatable bonds is 3. The van der Waals surface area contributed by atoms with Crippen LogP contribution in [0.1, 0.15) is 19.3 Å². The maximum Gasteiger partial charge on any atom is 0.0702 e. The minimum atomic E-state index is 0.381. The lowest BCUT2D eigenvalue weighted by Crippen LogP contribution is -2.50. The maximum atomic E-state index is 5.93. The summed E-state index contributed by atoms with van der Waals surface area (Å²) in [5, 5.41) is 0. The summed E-state index contributed by atoms with van der Waals surface area (Å²) >= 11 is 5.93. The minimum Gasteiger partial charge on any atom is -0.378 e. The zero-order valence-corrected chi connectivity index (χ0v) is 9.92. The van der Waals surface area contributed by atoms with Crippen LogP contribution in [0.5, 0.6) is 0 Å². The highest BCUT2D eigenvalue weighted by atomic mass is 35.5. The van der Waals surface area contributed by atoms with E-state index in [1.54, 1.807) is 0 Å². The lowest BCUT2D eigenvalue weighted by molar-refractivity contribution is -0.0497. The number of halogens is 1. The second kappa shape index (κ2) is 6.04. The van der Waals surface area contributed by atoms with Gasteiger partial charge in [0.15, 0.2) is 0 Å². The highest BCUT2D eigenvalue weighted by Crippen LogP contribution is 2.17. The van der Waals surface area contributed by atoms with Crippen LogP contribution >= 0.6 is 11.6 Å². The number of hydrogen-bond acceptors (Lipinski definition) is 3. The summed E-state index contributed by atoms with van der Waals surface area (Å²) in [6.45, 7) is 4.56. The molecule has 0 aliphatic carbocycles. The van der Waals surface area contributed by atoms with Gasteiger partial charge in [0.25, 0.3) is 0 Å². The van der Waals surface area contributed by atoms with Crippen molar-refractivity contribution in [3.63, 3.8) is 0 Å². The summed E-state index contributed by atoms with van der Waals surface area (Å²) in [6, 6.07) is 0.381. The summed E-state index contributed by atoms with van der Waals surface area (Å²) in [5.41, 5.74) is 0. The molecule has 0 aromatic rings. The lowest BCUT2D eigenvalue weighted by Gasteiger charge is -2.37. The Hall–Kier alpha value is 0.170. The molecule has 0 radical (unpaired) electrons. The summed E-state index contributed by atoms with van der Waals surface area (Å²) in [5.74, 6) is 0.659. The molecule has 3 nitrogen and oxygen atoms in total. The van der Waals surface area contributed by atoms with Crippen LogP contribution < -0.4 is 0 Å². The second-order valence-corrected chi connectivity index (χ2v) is 4.68. The molecule has 15 heavy (non-hydrogen) atoms. The molecule has 0 amide bonds. The van der Waals surface area contributed by atoms with Crippen molar-refractivity contribution in [1.29, 1.82) is 0 Å². The molecule has 0 aromatic carbocycles. The van der Waals surface area contributed by atoms with E-state index in [1.165, 1.54) is 19.3 Å². The van der Waals surface area contributed by atoms with Gasteiger partial charge < -0.3 is 9.47 Å². The fraction of sp³-hybridized carbons (Fsp3) is 1.00. The standard InChI is InChI=1S/C11H20ClNO2/c12-7-10-9-14-6-4-13(10)8-11-3-1-2-5-15-11/h10-11H,1-9H2. The molecule has 0 N–H and O–H groups in total. The van der Waals surface area contributed by atoms with Crippen LogP contribution in [0.3, 0.4) is 0 Å². The first-order chi connectivity index (χ1) is 7.40. The van der Waals surface area contributed by atoms with Gasteiger partial charge in [0.2, 0.25) is 0 Å². The minimum absolute atomic E-state index is 0.381. The molecular weight excluding hydrogens is 214 g/mol. The van der Waals surface area contributed by atoms with Gasteiger partial charge in [-0.1, -0.05) is 0 Å². The number of nitrogens with zero attached hydrogens (tertiary/aromatic N) is 1. The van der Waals surface area contributed by atoms with Gasteiger partial charge in [0, 0.05) is 31.6 Å². The van der Waals surface area contributed by atoms with Gasteiger partial charge in [-0.2, -0.15) is 0 Å². The van der Waals surface area contributed by atoms with Gasteiger partial charge in [-0.15, -0.1) is 11.6 Å². The molecule has 2 aliphatic heterocycles. The van der Waals surface area contributed by atoms with Gasteiger partial charge in [0.05, 0.1) is 19.3 Å². The number of hydrogen-bond donors (Lipinski definition) is 0. The number of morpholine rings is 1. The van der Waals surface area contributed by atoms with Crippen molar-refractivity contribution in [2.75, 3.05) is 38.8 Å². The molecule has 4 heteroatoms. The number of ether oxygens (including phenoxy) is 2. The van der Waals surface area contributed by atoms with Crippen molar-refractivity contribution in [2.24, 2.45) is 0 Å². The highest BCUT2D eigenvalue weighted by molar-refractivity contribution is 6.18. The van der Waals surface area contributed by atoms with Crippen LogP contribution in [0.2, 0.25) is 0 Å². The first-order valence-corrected chi connectivity index (χ1v) is 6.43. The van der Waals surface area contributed by atoms with E-state index in [0.717, 1.165) is 32.9 Å². The van der Waals surface area contributed by atoms with Crippen molar-refractivity contribution in [3.05, 3.63) is 0 Å². The van der Waals surface area contributed by atoms with Crippen LogP contribution in [0.25, 0.3) is 0 Å². The number of alkyl halides is 1. The molecule has 0 bridgehead atoms. The summed E-state index contributed by atoms with van der Waals surface area (Å²) in [6.07, 6.45) is 4.15. The van der Waals surface area contributed by atoms with E-state index >= 15 is 0 Å². The maximum absolute atomic E-state index is 5.93. The molecule has 2 atom stereocenters. The SMILES string of the molecule is ClCC1COCCN1CC1CCCCO1. The fourth-order valence-electron chi connectivity index (χ4n) is 2.28. The Bertz CT molecular complexity index is 185. The predicted octanol–water partition coefficient (Wildman–Crippen LogP) is 1.50. The van der Waals surface area contributed by atoms with Crippen LogP contribution in [0.15, 0.2) is 0 Å². The normalized spacial score (nSPS) is 34.2. The van der Waals surface area contributed by atoms with Crippen molar-refractivity contribution in [2.45, 2.75) is 31.4 Å². The average Bonchev–Trinajstić information content (AvgIpc) is 2.31. The van der Waals surface area contributed by atoms with Crippen molar-refractivity contribution in [3.8, 4) is 0 Å². The third-order valence-corrected chi connectivity index (χ3v) is 3.60. The van der Waals surface area contributed by atoms with E-state index < -0.39 is 0 Å². The summed E-state index contributed by atoms with van der Waals surface area (Å²) < 4.78 is 11.2. The van der Waals surface area contributed by atoms with Crippen molar-refractivity contribution >= 4 is 11.6 Å². The fourth-order valence-corrected chi connectivity index (χ4v) is 2.57. The van der Waals surface area contributed by atoms with Crippen LogP contribution in [0.4, 0.5) is 0 Å². The molecule has 2 rings (SSSR count). The van der Waals surface area contributed by atoms with Crippen molar-refractivity contribution < 1.29 is 9.47 Å². The van der Waals surface area contributed by atoms with Crippen LogP contribution in [0, 0.1) is 0 Å². The monoisotopic (exact) mass is 233 g/mol. The Balaban J connectivity index is 1.79. The Morgan fingerprint density at radius 1 is 1.27 bits per heavy atom. The third kappa shape index (κ3) is 3.31. The van der Waals surface area contributed by atoms with Crippen LogP contribution in [-0.2, 0) is 9.47 Å². The van der Waals surface area contributed by atoms with Gasteiger partial charge in [0.1, 0.15) is 0 Å². The van der Waals surface area contributed by atoms with E-state index in [0.29, 0.717) is 18.0 Å². The summed E-state index contributed by atoms with van der Waals surface area (Å²) in [7, 11) is 0. The molecule has 88 valence electrons. The molecule has 0 aromatic heterocycles. The van der Waals surface area contributed by atoms with E-state index in [1.807, 2.05) is 0 Å². The second-order valence-electron chi connectivity index (χ2n) is 4.37.